The van der Waals surface area contributed by atoms with E-state index in [9.17, 15) is 4.79 Å². The van der Waals surface area contributed by atoms with Gasteiger partial charge in [-0.2, -0.15) is 0 Å². The van der Waals surface area contributed by atoms with Crippen molar-refractivity contribution in [3.8, 4) is 28.7 Å². The van der Waals surface area contributed by atoms with Gasteiger partial charge in [0.2, 0.25) is 11.8 Å². The molecule has 3 aromatic rings. The van der Waals surface area contributed by atoms with Gasteiger partial charge in [0.25, 0.3) is 0 Å². The molecule has 1 N–H and O–H groups in total. The number of ether oxygens (including phenoxy) is 1. The molecule has 0 spiro atoms. The van der Waals surface area contributed by atoms with Gasteiger partial charge in [-0.05, 0) is 43.3 Å². The second-order valence-corrected chi connectivity index (χ2v) is 4.76. The highest BCUT2D eigenvalue weighted by molar-refractivity contribution is 5.88. The number of hydrogen-bond acceptors (Lipinski definition) is 5. The number of carboxylic acids is 1. The van der Waals surface area contributed by atoms with Gasteiger partial charge in [0.15, 0.2) is 0 Å². The zero-order valence-electron chi connectivity index (χ0n) is 12.4. The number of hydrogen-bond donors (Lipinski definition) is 1. The lowest BCUT2D eigenvalue weighted by atomic mass is 10.1. The van der Waals surface area contributed by atoms with E-state index >= 15 is 0 Å². The molecule has 0 atom stereocenters. The summed E-state index contributed by atoms with van der Waals surface area (Å²) >= 11 is 0. The van der Waals surface area contributed by atoms with Crippen LogP contribution in [0.15, 0.2) is 52.9 Å². The highest BCUT2D eigenvalue weighted by Crippen LogP contribution is 2.26. The molecule has 0 amide bonds. The van der Waals surface area contributed by atoms with Gasteiger partial charge >= 0.3 is 5.97 Å². The average molecular weight is 310 g/mol. The summed E-state index contributed by atoms with van der Waals surface area (Å²) in [6.07, 6.45) is 0. The fraction of sp³-hybridized carbons (Fsp3) is 0.118. The molecule has 0 saturated heterocycles. The molecule has 0 fully saturated rings. The number of carbonyl (C=O) groups is 1. The van der Waals surface area contributed by atoms with Crippen LogP contribution in [-0.2, 0) is 0 Å². The van der Waals surface area contributed by atoms with E-state index in [1.54, 1.807) is 12.1 Å². The van der Waals surface area contributed by atoms with Crippen LogP contribution >= 0.6 is 0 Å². The standard InChI is InChI=1S/C17H14N2O4/c1-2-22-14-8-4-6-12(10-14)16-19-18-15(23-16)11-5-3-7-13(9-11)17(20)21/h3-10H,2H2,1H3,(H,20,21). The third kappa shape index (κ3) is 3.21. The Labute approximate surface area is 132 Å². The molecule has 0 aliphatic carbocycles. The van der Waals surface area contributed by atoms with E-state index in [-0.39, 0.29) is 11.5 Å². The maximum atomic E-state index is 11.0. The first-order chi connectivity index (χ1) is 11.2. The van der Waals surface area contributed by atoms with Gasteiger partial charge in [0.05, 0.1) is 12.2 Å². The van der Waals surface area contributed by atoms with Crippen LogP contribution in [0, 0.1) is 0 Å². The van der Waals surface area contributed by atoms with Crippen molar-refractivity contribution in [3.63, 3.8) is 0 Å². The number of benzene rings is 2. The largest absolute Gasteiger partial charge is 0.494 e. The molecule has 116 valence electrons. The lowest BCUT2D eigenvalue weighted by Gasteiger charge is -2.03. The number of nitrogens with zero attached hydrogens (tertiary/aromatic N) is 2. The smallest absolute Gasteiger partial charge is 0.335 e. The van der Waals surface area contributed by atoms with Crippen LogP contribution in [-0.4, -0.2) is 27.9 Å². The van der Waals surface area contributed by atoms with Crippen molar-refractivity contribution in [1.82, 2.24) is 10.2 Å². The number of rotatable bonds is 5. The number of carboxylic acid groups (broad SMARTS) is 1. The Balaban J connectivity index is 1.93. The Kier molecular flexibility index (Phi) is 4.05. The first-order valence-corrected chi connectivity index (χ1v) is 7.08. The molecule has 0 aliphatic heterocycles. The normalized spacial score (nSPS) is 10.5. The molecule has 6 nitrogen and oxygen atoms in total. The van der Waals surface area contributed by atoms with Crippen LogP contribution in [0.25, 0.3) is 22.9 Å². The second-order valence-electron chi connectivity index (χ2n) is 4.76. The lowest BCUT2D eigenvalue weighted by Crippen LogP contribution is -1.95. The van der Waals surface area contributed by atoms with E-state index in [2.05, 4.69) is 10.2 Å². The monoisotopic (exact) mass is 310 g/mol. The minimum absolute atomic E-state index is 0.167. The van der Waals surface area contributed by atoms with Crippen LogP contribution in [0.5, 0.6) is 5.75 Å². The second kappa shape index (κ2) is 6.31. The number of aromatic carboxylic acids is 1. The fourth-order valence-corrected chi connectivity index (χ4v) is 2.13. The lowest BCUT2D eigenvalue weighted by molar-refractivity contribution is 0.0697. The Morgan fingerprint density at radius 2 is 1.74 bits per heavy atom. The summed E-state index contributed by atoms with van der Waals surface area (Å²) in [5.74, 6) is 0.334. The summed E-state index contributed by atoms with van der Waals surface area (Å²) in [6.45, 7) is 2.48. The molecular weight excluding hydrogens is 296 g/mol. The van der Waals surface area contributed by atoms with E-state index in [1.807, 2.05) is 31.2 Å². The minimum Gasteiger partial charge on any atom is -0.494 e. The third-order valence-corrected chi connectivity index (χ3v) is 3.17. The highest BCUT2D eigenvalue weighted by Gasteiger charge is 2.13. The van der Waals surface area contributed by atoms with E-state index in [1.165, 1.54) is 12.1 Å². The van der Waals surface area contributed by atoms with Gasteiger partial charge in [0, 0.05) is 11.1 Å². The highest BCUT2D eigenvalue weighted by atomic mass is 16.5. The van der Waals surface area contributed by atoms with Crippen molar-refractivity contribution in [2.24, 2.45) is 0 Å². The Morgan fingerprint density at radius 1 is 1.09 bits per heavy atom. The predicted molar refractivity (Wildman–Crippen MR) is 83.3 cm³/mol. The SMILES string of the molecule is CCOc1cccc(-c2nnc(-c3cccc(C(=O)O)c3)o2)c1. The topological polar surface area (TPSA) is 85.5 Å². The summed E-state index contributed by atoms with van der Waals surface area (Å²) in [5.41, 5.74) is 1.47. The summed E-state index contributed by atoms with van der Waals surface area (Å²) in [7, 11) is 0. The van der Waals surface area contributed by atoms with E-state index < -0.39 is 5.97 Å². The summed E-state index contributed by atoms with van der Waals surface area (Å²) in [4.78, 5) is 11.0. The Morgan fingerprint density at radius 3 is 2.39 bits per heavy atom. The predicted octanol–water partition coefficient (Wildman–Crippen LogP) is 3.50. The van der Waals surface area contributed by atoms with Crippen molar-refractivity contribution in [2.45, 2.75) is 6.92 Å². The molecule has 2 aromatic carbocycles. The third-order valence-electron chi connectivity index (χ3n) is 3.17. The Bertz CT molecular complexity index is 842. The molecule has 0 bridgehead atoms. The van der Waals surface area contributed by atoms with E-state index in [0.717, 1.165) is 11.3 Å². The molecule has 1 heterocycles. The first-order valence-electron chi connectivity index (χ1n) is 7.08. The van der Waals surface area contributed by atoms with Gasteiger partial charge in [-0.25, -0.2) is 4.79 Å². The van der Waals surface area contributed by atoms with Crippen LogP contribution in [0.4, 0.5) is 0 Å². The van der Waals surface area contributed by atoms with Crippen molar-refractivity contribution >= 4 is 5.97 Å². The van der Waals surface area contributed by atoms with Gasteiger partial charge in [0.1, 0.15) is 5.75 Å². The zero-order valence-corrected chi connectivity index (χ0v) is 12.4. The Hall–Kier alpha value is -3.15. The molecule has 0 saturated carbocycles. The fourth-order valence-electron chi connectivity index (χ4n) is 2.13. The summed E-state index contributed by atoms with van der Waals surface area (Å²) < 4.78 is 11.1. The van der Waals surface area contributed by atoms with E-state index in [4.69, 9.17) is 14.3 Å². The zero-order chi connectivity index (χ0) is 16.2. The molecule has 3 rings (SSSR count). The first kappa shape index (κ1) is 14.8. The van der Waals surface area contributed by atoms with E-state index in [0.29, 0.717) is 18.1 Å². The van der Waals surface area contributed by atoms with Crippen LogP contribution in [0.2, 0.25) is 0 Å². The molecule has 6 heteroatoms. The molecule has 0 unspecified atom stereocenters. The van der Waals surface area contributed by atoms with Crippen molar-refractivity contribution < 1.29 is 19.1 Å². The van der Waals surface area contributed by atoms with Crippen LogP contribution in [0.3, 0.4) is 0 Å². The molecule has 0 radical (unpaired) electrons. The van der Waals surface area contributed by atoms with Gasteiger partial charge in [-0.15, -0.1) is 10.2 Å². The van der Waals surface area contributed by atoms with Gasteiger partial charge in [-0.1, -0.05) is 12.1 Å². The molecule has 0 aliphatic rings. The maximum absolute atomic E-state index is 11.0. The van der Waals surface area contributed by atoms with Gasteiger partial charge < -0.3 is 14.3 Å². The van der Waals surface area contributed by atoms with Crippen LogP contribution in [0.1, 0.15) is 17.3 Å². The molecule has 1 aromatic heterocycles. The van der Waals surface area contributed by atoms with Crippen molar-refractivity contribution in [3.05, 3.63) is 54.1 Å². The quantitative estimate of drug-likeness (QED) is 0.776. The summed E-state index contributed by atoms with van der Waals surface area (Å²) in [5, 5.41) is 17.0. The minimum atomic E-state index is -1.00. The van der Waals surface area contributed by atoms with Crippen molar-refractivity contribution in [2.75, 3.05) is 6.61 Å². The van der Waals surface area contributed by atoms with Crippen molar-refractivity contribution in [1.29, 1.82) is 0 Å². The average Bonchev–Trinajstić information content (AvgIpc) is 3.06. The van der Waals surface area contributed by atoms with Crippen LogP contribution < -0.4 is 4.74 Å². The summed E-state index contributed by atoms with van der Waals surface area (Å²) in [6, 6.07) is 13.7. The maximum Gasteiger partial charge on any atom is 0.335 e. The molecular formula is C17H14N2O4. The molecule has 23 heavy (non-hydrogen) atoms. The number of aromatic nitrogens is 2. The van der Waals surface area contributed by atoms with Gasteiger partial charge in [-0.3, -0.25) is 0 Å².